The van der Waals surface area contributed by atoms with Crippen molar-refractivity contribution in [1.29, 1.82) is 0 Å². The van der Waals surface area contributed by atoms with Crippen molar-refractivity contribution in [3.05, 3.63) is 63.6 Å². The van der Waals surface area contributed by atoms with E-state index in [1.54, 1.807) is 30.3 Å². The van der Waals surface area contributed by atoms with Gasteiger partial charge in [0.1, 0.15) is 11.3 Å². The van der Waals surface area contributed by atoms with Gasteiger partial charge >= 0.3 is 6.03 Å². The SMILES string of the molecule is CC(C)Oc1ccccc1/C=C1\C(=O)NC(=O)N(c2cccc(Cl)c2Cl)C1=O. The Morgan fingerprint density at radius 1 is 1.04 bits per heavy atom. The van der Waals surface area contributed by atoms with E-state index in [0.717, 1.165) is 4.90 Å². The third-order valence-electron chi connectivity index (χ3n) is 3.86. The highest BCUT2D eigenvalue weighted by atomic mass is 35.5. The van der Waals surface area contributed by atoms with Crippen molar-refractivity contribution in [2.75, 3.05) is 4.90 Å². The Morgan fingerprint density at radius 2 is 1.75 bits per heavy atom. The van der Waals surface area contributed by atoms with Crippen molar-refractivity contribution < 1.29 is 19.1 Å². The zero-order valence-corrected chi connectivity index (χ0v) is 16.5. The number of halogens is 2. The van der Waals surface area contributed by atoms with E-state index in [-0.39, 0.29) is 27.4 Å². The Bertz CT molecular complexity index is 1000. The molecule has 0 radical (unpaired) electrons. The first-order valence-electron chi connectivity index (χ1n) is 8.40. The van der Waals surface area contributed by atoms with E-state index >= 15 is 0 Å². The normalized spacial score (nSPS) is 16.0. The van der Waals surface area contributed by atoms with Gasteiger partial charge in [0.25, 0.3) is 11.8 Å². The van der Waals surface area contributed by atoms with Crippen molar-refractivity contribution in [2.24, 2.45) is 0 Å². The van der Waals surface area contributed by atoms with Crippen LogP contribution in [0.5, 0.6) is 5.75 Å². The van der Waals surface area contributed by atoms with E-state index in [2.05, 4.69) is 5.32 Å². The minimum absolute atomic E-state index is 0.0323. The Hall–Kier alpha value is -2.83. The zero-order chi connectivity index (χ0) is 20.4. The average Bonchev–Trinajstić information content (AvgIpc) is 2.63. The summed E-state index contributed by atoms with van der Waals surface area (Å²) in [5, 5.41) is 2.36. The van der Waals surface area contributed by atoms with Crippen molar-refractivity contribution in [3.8, 4) is 5.75 Å². The van der Waals surface area contributed by atoms with Crippen LogP contribution in [0.1, 0.15) is 19.4 Å². The van der Waals surface area contributed by atoms with Crippen LogP contribution in [0, 0.1) is 0 Å². The molecule has 1 aliphatic heterocycles. The molecule has 0 unspecified atom stereocenters. The summed E-state index contributed by atoms with van der Waals surface area (Å²) in [6, 6.07) is 10.6. The second-order valence-electron chi connectivity index (χ2n) is 6.24. The number of imide groups is 2. The Morgan fingerprint density at radius 3 is 2.46 bits per heavy atom. The number of carbonyl (C=O) groups is 3. The van der Waals surface area contributed by atoms with E-state index in [9.17, 15) is 14.4 Å². The van der Waals surface area contributed by atoms with E-state index < -0.39 is 17.8 Å². The van der Waals surface area contributed by atoms with Crippen LogP contribution in [0.3, 0.4) is 0 Å². The molecule has 4 amide bonds. The lowest BCUT2D eigenvalue weighted by atomic mass is 10.1. The molecule has 0 aromatic heterocycles. The maximum atomic E-state index is 13.0. The molecule has 28 heavy (non-hydrogen) atoms. The van der Waals surface area contributed by atoms with Crippen LogP contribution in [0.25, 0.3) is 6.08 Å². The predicted molar refractivity (Wildman–Crippen MR) is 108 cm³/mol. The highest BCUT2D eigenvalue weighted by Gasteiger charge is 2.38. The lowest BCUT2D eigenvalue weighted by Crippen LogP contribution is -2.54. The van der Waals surface area contributed by atoms with Crippen LogP contribution in [0.2, 0.25) is 10.0 Å². The standard InChI is InChI=1S/C20H16Cl2N2O4/c1-11(2)28-16-9-4-3-6-12(16)10-13-18(25)23-20(27)24(19(13)26)15-8-5-7-14(21)17(15)22/h3-11H,1-2H3,(H,23,25,27)/b13-10+. The first kappa shape index (κ1) is 19.9. The van der Waals surface area contributed by atoms with Gasteiger partial charge in [-0.15, -0.1) is 0 Å². The van der Waals surface area contributed by atoms with Gasteiger partial charge in [0.15, 0.2) is 0 Å². The molecular weight excluding hydrogens is 403 g/mol. The molecule has 8 heteroatoms. The van der Waals surface area contributed by atoms with Gasteiger partial charge in [0.05, 0.1) is 21.8 Å². The summed E-state index contributed by atoms with van der Waals surface area (Å²) < 4.78 is 5.72. The summed E-state index contributed by atoms with van der Waals surface area (Å²) in [4.78, 5) is 38.4. The number of rotatable bonds is 4. The number of hydrogen-bond donors (Lipinski definition) is 1. The number of nitrogens with one attached hydrogen (secondary N) is 1. The number of carbonyl (C=O) groups excluding carboxylic acids is 3. The summed E-state index contributed by atoms with van der Waals surface area (Å²) >= 11 is 12.1. The van der Waals surface area contributed by atoms with E-state index in [1.807, 2.05) is 13.8 Å². The van der Waals surface area contributed by atoms with Gasteiger partial charge in [-0.3, -0.25) is 14.9 Å². The van der Waals surface area contributed by atoms with Gasteiger partial charge in [-0.1, -0.05) is 47.5 Å². The molecule has 0 saturated carbocycles. The fraction of sp³-hybridized carbons (Fsp3) is 0.150. The van der Waals surface area contributed by atoms with Gasteiger partial charge in [-0.2, -0.15) is 0 Å². The molecule has 1 fully saturated rings. The zero-order valence-electron chi connectivity index (χ0n) is 15.0. The number of ether oxygens (including phenoxy) is 1. The van der Waals surface area contributed by atoms with E-state index in [0.29, 0.717) is 11.3 Å². The molecule has 1 aliphatic rings. The molecule has 1 saturated heterocycles. The fourth-order valence-electron chi connectivity index (χ4n) is 2.66. The van der Waals surface area contributed by atoms with Gasteiger partial charge in [-0.05, 0) is 38.1 Å². The summed E-state index contributed by atoms with van der Waals surface area (Å²) in [6.07, 6.45) is 1.28. The summed E-state index contributed by atoms with van der Waals surface area (Å²) in [6.45, 7) is 3.73. The Kier molecular flexibility index (Phi) is 5.72. The van der Waals surface area contributed by atoms with Gasteiger partial charge in [0, 0.05) is 5.56 Å². The first-order chi connectivity index (χ1) is 13.3. The molecular formula is C20H16Cl2N2O4. The van der Waals surface area contributed by atoms with E-state index in [4.69, 9.17) is 27.9 Å². The number of nitrogens with zero attached hydrogens (tertiary/aromatic N) is 1. The van der Waals surface area contributed by atoms with Gasteiger partial charge in [-0.25, -0.2) is 9.69 Å². The Labute approximate surface area is 171 Å². The molecule has 0 bridgehead atoms. The molecule has 0 aliphatic carbocycles. The molecule has 144 valence electrons. The molecule has 2 aromatic carbocycles. The smallest absolute Gasteiger partial charge is 0.336 e. The average molecular weight is 419 g/mol. The fourth-order valence-corrected chi connectivity index (χ4v) is 3.04. The number of amides is 4. The third kappa shape index (κ3) is 3.88. The van der Waals surface area contributed by atoms with Crippen LogP contribution in [0.4, 0.5) is 10.5 Å². The predicted octanol–water partition coefficient (Wildman–Crippen LogP) is 4.45. The lowest BCUT2D eigenvalue weighted by Gasteiger charge is -2.27. The van der Waals surface area contributed by atoms with Crippen LogP contribution in [-0.2, 0) is 9.59 Å². The lowest BCUT2D eigenvalue weighted by molar-refractivity contribution is -0.122. The number of para-hydroxylation sites is 1. The van der Waals surface area contributed by atoms with Crippen LogP contribution >= 0.6 is 23.2 Å². The van der Waals surface area contributed by atoms with Crippen LogP contribution < -0.4 is 15.0 Å². The van der Waals surface area contributed by atoms with Crippen molar-refractivity contribution in [1.82, 2.24) is 5.32 Å². The topological polar surface area (TPSA) is 75.7 Å². The van der Waals surface area contributed by atoms with E-state index in [1.165, 1.54) is 18.2 Å². The molecule has 0 spiro atoms. The molecule has 3 rings (SSSR count). The number of anilines is 1. The van der Waals surface area contributed by atoms with Gasteiger partial charge < -0.3 is 4.74 Å². The molecule has 0 atom stereocenters. The number of barbiturate groups is 1. The van der Waals surface area contributed by atoms with Crippen molar-refractivity contribution in [2.45, 2.75) is 20.0 Å². The minimum Gasteiger partial charge on any atom is -0.490 e. The molecule has 1 heterocycles. The van der Waals surface area contributed by atoms with Gasteiger partial charge in [0.2, 0.25) is 0 Å². The second-order valence-corrected chi connectivity index (χ2v) is 7.02. The summed E-state index contributed by atoms with van der Waals surface area (Å²) in [5.74, 6) is -1.10. The maximum absolute atomic E-state index is 13.0. The third-order valence-corrected chi connectivity index (χ3v) is 4.66. The number of benzene rings is 2. The molecule has 2 aromatic rings. The summed E-state index contributed by atoms with van der Waals surface area (Å²) in [5.41, 5.74) is 0.387. The summed E-state index contributed by atoms with van der Waals surface area (Å²) in [7, 11) is 0. The maximum Gasteiger partial charge on any atom is 0.336 e. The highest BCUT2D eigenvalue weighted by molar-refractivity contribution is 6.46. The monoisotopic (exact) mass is 418 g/mol. The van der Waals surface area contributed by atoms with Crippen molar-refractivity contribution >= 4 is 52.8 Å². The number of hydrogen-bond acceptors (Lipinski definition) is 4. The van der Waals surface area contributed by atoms with Crippen LogP contribution in [0.15, 0.2) is 48.0 Å². The first-order valence-corrected chi connectivity index (χ1v) is 9.16. The Balaban J connectivity index is 2.06. The van der Waals surface area contributed by atoms with Crippen molar-refractivity contribution in [3.63, 3.8) is 0 Å². The quantitative estimate of drug-likeness (QED) is 0.587. The van der Waals surface area contributed by atoms with Crippen LogP contribution in [-0.4, -0.2) is 23.9 Å². The second kappa shape index (κ2) is 8.04. The highest BCUT2D eigenvalue weighted by Crippen LogP contribution is 2.34. The molecule has 1 N–H and O–H groups in total. The number of urea groups is 1. The minimum atomic E-state index is -0.900. The molecule has 6 nitrogen and oxygen atoms in total. The largest absolute Gasteiger partial charge is 0.490 e.